The van der Waals surface area contributed by atoms with Gasteiger partial charge >= 0.3 is 6.09 Å². The molecular weight excluding hydrogens is 356 g/mol. The van der Waals surface area contributed by atoms with E-state index in [0.29, 0.717) is 19.4 Å². The lowest BCUT2D eigenvalue weighted by Crippen LogP contribution is -2.34. The first-order chi connectivity index (χ1) is 13.3. The van der Waals surface area contributed by atoms with Gasteiger partial charge in [0.05, 0.1) is 6.04 Å². The van der Waals surface area contributed by atoms with Crippen LogP contribution in [0.5, 0.6) is 11.5 Å². The van der Waals surface area contributed by atoms with Crippen LogP contribution in [-0.2, 0) is 9.53 Å². The topological polar surface area (TPSA) is 76.7 Å². The Balaban J connectivity index is 1.57. The minimum Gasteiger partial charge on any atom is -0.457 e. The maximum atomic E-state index is 12.5. The first-order valence-corrected chi connectivity index (χ1v) is 9.45. The molecule has 28 heavy (non-hydrogen) atoms. The van der Waals surface area contributed by atoms with Gasteiger partial charge in [-0.3, -0.25) is 4.79 Å². The molecule has 0 aliphatic carbocycles. The van der Waals surface area contributed by atoms with E-state index < -0.39 is 11.7 Å². The highest BCUT2D eigenvalue weighted by Gasteiger charge is 2.27. The maximum absolute atomic E-state index is 12.5. The van der Waals surface area contributed by atoms with Crippen LogP contribution in [0, 0.1) is 0 Å². The number of fused-ring (bicyclic) bond motifs is 2. The predicted molar refractivity (Wildman–Crippen MR) is 106 cm³/mol. The predicted octanol–water partition coefficient (Wildman–Crippen LogP) is 4.30. The summed E-state index contributed by atoms with van der Waals surface area (Å²) < 4.78 is 11.1. The van der Waals surface area contributed by atoms with Gasteiger partial charge < -0.3 is 20.1 Å². The van der Waals surface area contributed by atoms with Gasteiger partial charge in [-0.25, -0.2) is 4.79 Å². The van der Waals surface area contributed by atoms with Gasteiger partial charge in [0, 0.05) is 24.1 Å². The summed E-state index contributed by atoms with van der Waals surface area (Å²) in [5.74, 6) is 1.42. The lowest BCUT2D eigenvalue weighted by molar-refractivity contribution is -0.121. The Hall–Kier alpha value is -3.02. The Morgan fingerprint density at radius 1 is 1.00 bits per heavy atom. The third kappa shape index (κ3) is 5.03. The molecule has 2 amide bonds. The number of nitrogens with one attached hydrogen (secondary N) is 2. The average molecular weight is 382 g/mol. The SMILES string of the molecule is CC(C)(C)OC(=O)NCCCC(=O)NC1c2ccccc2Oc2ccccc21. The summed E-state index contributed by atoms with van der Waals surface area (Å²) in [5.41, 5.74) is 1.33. The Morgan fingerprint density at radius 3 is 2.14 bits per heavy atom. The second-order valence-electron chi connectivity index (χ2n) is 7.71. The van der Waals surface area contributed by atoms with Crippen molar-refractivity contribution in [3.05, 3.63) is 59.7 Å². The van der Waals surface area contributed by atoms with Crippen LogP contribution in [0.15, 0.2) is 48.5 Å². The molecule has 0 radical (unpaired) electrons. The molecule has 0 fully saturated rings. The fraction of sp³-hybridized carbons (Fsp3) is 0.364. The van der Waals surface area contributed by atoms with E-state index in [1.165, 1.54) is 0 Å². The summed E-state index contributed by atoms with van der Waals surface area (Å²) in [6.07, 6.45) is 0.356. The zero-order valence-electron chi connectivity index (χ0n) is 16.5. The number of ether oxygens (including phenoxy) is 2. The molecule has 0 atom stereocenters. The van der Waals surface area contributed by atoms with Crippen molar-refractivity contribution < 1.29 is 19.1 Å². The molecule has 1 aliphatic rings. The molecule has 2 aromatic rings. The normalized spacial score (nSPS) is 13.0. The molecule has 2 N–H and O–H groups in total. The molecule has 0 saturated heterocycles. The van der Waals surface area contributed by atoms with Crippen LogP contribution in [0.2, 0.25) is 0 Å². The molecule has 148 valence electrons. The van der Waals surface area contributed by atoms with E-state index >= 15 is 0 Å². The number of hydrogen-bond acceptors (Lipinski definition) is 4. The molecule has 0 unspecified atom stereocenters. The number of para-hydroxylation sites is 2. The van der Waals surface area contributed by atoms with Crippen LogP contribution in [0.1, 0.15) is 50.8 Å². The standard InChI is InChI=1S/C22H26N2O4/c1-22(2,3)28-21(26)23-14-8-13-19(25)24-20-15-9-4-6-11-17(15)27-18-12-7-5-10-16(18)20/h4-7,9-12,20H,8,13-14H2,1-3H3,(H,23,26)(H,24,25). The summed E-state index contributed by atoms with van der Waals surface area (Å²) in [6.45, 7) is 5.81. The number of carbonyl (C=O) groups excluding carboxylic acids is 2. The minimum absolute atomic E-state index is 0.0810. The molecule has 6 nitrogen and oxygen atoms in total. The number of benzene rings is 2. The smallest absolute Gasteiger partial charge is 0.407 e. The van der Waals surface area contributed by atoms with Gasteiger partial charge in [-0.1, -0.05) is 36.4 Å². The van der Waals surface area contributed by atoms with Gasteiger partial charge in [-0.05, 0) is 39.3 Å². The first kappa shape index (κ1) is 19.7. The van der Waals surface area contributed by atoms with Crippen LogP contribution in [0.4, 0.5) is 4.79 Å². The highest BCUT2D eigenvalue weighted by Crippen LogP contribution is 2.42. The van der Waals surface area contributed by atoms with Gasteiger partial charge in [-0.15, -0.1) is 0 Å². The average Bonchev–Trinajstić information content (AvgIpc) is 2.63. The largest absolute Gasteiger partial charge is 0.457 e. The molecule has 2 aromatic carbocycles. The van der Waals surface area contributed by atoms with Gasteiger partial charge in [0.1, 0.15) is 17.1 Å². The Morgan fingerprint density at radius 2 is 1.57 bits per heavy atom. The monoisotopic (exact) mass is 382 g/mol. The summed E-state index contributed by atoms with van der Waals surface area (Å²) in [4.78, 5) is 24.2. The molecule has 6 heteroatoms. The van der Waals surface area contributed by atoms with Crippen molar-refractivity contribution in [3.63, 3.8) is 0 Å². The molecular formula is C22H26N2O4. The van der Waals surface area contributed by atoms with Crippen molar-refractivity contribution in [2.45, 2.75) is 45.3 Å². The zero-order valence-corrected chi connectivity index (χ0v) is 16.5. The fourth-order valence-corrected chi connectivity index (χ4v) is 3.05. The summed E-state index contributed by atoms with van der Waals surface area (Å²) in [7, 11) is 0. The Kier molecular flexibility index (Phi) is 5.87. The van der Waals surface area contributed by atoms with Crippen molar-refractivity contribution in [2.24, 2.45) is 0 Å². The van der Waals surface area contributed by atoms with E-state index in [-0.39, 0.29) is 11.9 Å². The molecule has 0 aromatic heterocycles. The fourth-order valence-electron chi connectivity index (χ4n) is 3.05. The van der Waals surface area contributed by atoms with Crippen LogP contribution < -0.4 is 15.4 Å². The summed E-state index contributed by atoms with van der Waals surface area (Å²) in [6, 6.07) is 15.1. The van der Waals surface area contributed by atoms with Crippen molar-refractivity contribution >= 4 is 12.0 Å². The Labute approximate surface area is 165 Å². The summed E-state index contributed by atoms with van der Waals surface area (Å²) in [5, 5.41) is 5.76. The number of hydrogen-bond donors (Lipinski definition) is 2. The minimum atomic E-state index is -0.536. The first-order valence-electron chi connectivity index (χ1n) is 9.45. The van der Waals surface area contributed by atoms with Crippen molar-refractivity contribution in [3.8, 4) is 11.5 Å². The van der Waals surface area contributed by atoms with E-state index in [1.54, 1.807) is 0 Å². The number of carbonyl (C=O) groups is 2. The van der Waals surface area contributed by atoms with E-state index in [1.807, 2.05) is 69.3 Å². The number of rotatable bonds is 5. The van der Waals surface area contributed by atoms with Gasteiger partial charge in [0.2, 0.25) is 5.91 Å². The van der Waals surface area contributed by atoms with E-state index in [0.717, 1.165) is 22.6 Å². The molecule has 0 spiro atoms. The zero-order chi connectivity index (χ0) is 20.1. The van der Waals surface area contributed by atoms with Gasteiger partial charge in [-0.2, -0.15) is 0 Å². The highest BCUT2D eigenvalue weighted by atomic mass is 16.6. The third-order valence-electron chi connectivity index (χ3n) is 4.23. The Bertz CT molecular complexity index is 812. The molecule has 0 bridgehead atoms. The van der Waals surface area contributed by atoms with E-state index in [2.05, 4.69) is 10.6 Å². The van der Waals surface area contributed by atoms with Crippen LogP contribution in [0.25, 0.3) is 0 Å². The maximum Gasteiger partial charge on any atom is 0.407 e. The second-order valence-corrected chi connectivity index (χ2v) is 7.71. The van der Waals surface area contributed by atoms with Gasteiger partial charge in [0.25, 0.3) is 0 Å². The number of amides is 2. The van der Waals surface area contributed by atoms with E-state index in [9.17, 15) is 9.59 Å². The van der Waals surface area contributed by atoms with Crippen LogP contribution >= 0.6 is 0 Å². The molecule has 1 heterocycles. The van der Waals surface area contributed by atoms with Crippen molar-refractivity contribution in [2.75, 3.05) is 6.54 Å². The van der Waals surface area contributed by atoms with E-state index in [4.69, 9.17) is 9.47 Å². The summed E-state index contributed by atoms with van der Waals surface area (Å²) >= 11 is 0. The quantitative estimate of drug-likeness (QED) is 0.756. The van der Waals surface area contributed by atoms with Crippen molar-refractivity contribution in [1.82, 2.24) is 10.6 Å². The molecule has 3 rings (SSSR count). The van der Waals surface area contributed by atoms with Crippen LogP contribution in [0.3, 0.4) is 0 Å². The lowest BCUT2D eigenvalue weighted by Gasteiger charge is -2.28. The van der Waals surface area contributed by atoms with Gasteiger partial charge in [0.15, 0.2) is 0 Å². The molecule has 1 aliphatic heterocycles. The second kappa shape index (κ2) is 8.33. The molecule has 0 saturated carbocycles. The lowest BCUT2D eigenvalue weighted by atomic mass is 9.94. The third-order valence-corrected chi connectivity index (χ3v) is 4.23. The van der Waals surface area contributed by atoms with Crippen LogP contribution in [-0.4, -0.2) is 24.1 Å². The number of alkyl carbamates (subject to hydrolysis) is 1. The van der Waals surface area contributed by atoms with Crippen molar-refractivity contribution in [1.29, 1.82) is 0 Å². The highest BCUT2D eigenvalue weighted by molar-refractivity contribution is 5.77.